The maximum Gasteiger partial charge on any atom is 5.00 e. The minimum atomic E-state index is 0. The Labute approximate surface area is 111 Å². The maximum atomic E-state index is 0. The Balaban J connectivity index is 0. The third-order valence-electron chi connectivity index (χ3n) is 0. The quantitative estimate of drug-likeness (QED) is 0.308. The van der Waals surface area contributed by atoms with Crippen LogP contribution >= 0.6 is 0 Å². The van der Waals surface area contributed by atoms with Gasteiger partial charge in [-0.15, -0.1) is 0 Å². The molecule has 5 nitrogen and oxygen atoms in total. The summed E-state index contributed by atoms with van der Waals surface area (Å²) in [6.45, 7) is 0. The molecule has 0 saturated heterocycles. The van der Waals surface area contributed by atoms with E-state index >= 15 is 0 Å². The first-order valence-electron chi connectivity index (χ1n) is 0. The Bertz CT molecular complexity index is 12.9. The average molecular weight is 826 g/mol. The number of hydrogen-bond acceptors (Lipinski definition) is 0. The molecule has 58 valence electrons. The SMILES string of the molecule is [Ir].[Ir].[O-2].[O-2].[O-2].[O-2].[O-2].[Ta+5].[Ta+5]. The molecule has 0 fully saturated rings. The molecular weight excluding hydrogens is 826 g/mol. The Kier molecular flexibility index (Phi) is 3160. The Hall–Kier alpha value is 2.58. The maximum absolute atomic E-state index is 0. The molecule has 0 aliphatic rings. The van der Waals surface area contributed by atoms with Crippen molar-refractivity contribution in [2.45, 2.75) is 0 Å². The smallest absolute Gasteiger partial charge is 2.00 e. The second kappa shape index (κ2) is 146. The van der Waals surface area contributed by atoms with E-state index in [0.29, 0.717) is 0 Å². The van der Waals surface area contributed by atoms with Gasteiger partial charge in [-0.3, -0.25) is 0 Å². The zero-order valence-corrected chi connectivity index (χ0v) is 14.8. The van der Waals surface area contributed by atoms with Gasteiger partial charge in [0.15, 0.2) is 0 Å². The number of hydrogen-bond donors (Lipinski definition) is 0. The van der Waals surface area contributed by atoms with Crippen LogP contribution in [0.1, 0.15) is 0 Å². The summed E-state index contributed by atoms with van der Waals surface area (Å²) in [6, 6.07) is 0. The molecule has 0 aliphatic heterocycles. The van der Waals surface area contributed by atoms with Crippen molar-refractivity contribution in [3.63, 3.8) is 0 Å². The molecule has 0 amide bonds. The minimum Gasteiger partial charge on any atom is -2.00 e. The van der Waals surface area contributed by atoms with Crippen molar-refractivity contribution >= 4 is 0 Å². The fourth-order valence-corrected chi connectivity index (χ4v) is 0. The van der Waals surface area contributed by atoms with Crippen molar-refractivity contribution in [3.05, 3.63) is 0 Å². The Morgan fingerprint density at radius 1 is 0.333 bits per heavy atom. The molecule has 0 spiro atoms. The van der Waals surface area contributed by atoms with Gasteiger partial charge < -0.3 is 27.4 Å². The molecule has 0 unspecified atom stereocenters. The molecule has 0 aromatic rings. The molecule has 0 heterocycles. The van der Waals surface area contributed by atoms with Crippen LogP contribution in [0.4, 0.5) is 0 Å². The molecule has 9 heteroatoms. The first-order valence-corrected chi connectivity index (χ1v) is 0. The van der Waals surface area contributed by atoms with Crippen LogP contribution in [0, 0.1) is 0 Å². The van der Waals surface area contributed by atoms with Crippen molar-refractivity contribution in [1.82, 2.24) is 0 Å². The molecular formula is Ir2O5Ta2. The summed E-state index contributed by atoms with van der Waals surface area (Å²) in [7, 11) is 0. The van der Waals surface area contributed by atoms with Crippen molar-refractivity contribution < 1.29 is 112 Å². The van der Waals surface area contributed by atoms with Crippen LogP contribution in [0.15, 0.2) is 0 Å². The molecule has 0 rings (SSSR count). The topological polar surface area (TPSA) is 142 Å². The van der Waals surface area contributed by atoms with Gasteiger partial charge in [-0.25, -0.2) is 0 Å². The summed E-state index contributed by atoms with van der Waals surface area (Å²) < 4.78 is 0. The van der Waals surface area contributed by atoms with Crippen LogP contribution in [-0.2, 0) is 112 Å². The first-order chi connectivity index (χ1) is 0. The predicted octanol–water partition coefficient (Wildman–Crippen LogP) is -0.604. The third kappa shape index (κ3) is 117. The van der Waals surface area contributed by atoms with Gasteiger partial charge in [0, 0.05) is 40.2 Å². The minimum absolute atomic E-state index is 0. The molecule has 0 N–H and O–H groups in total. The third-order valence-corrected chi connectivity index (χ3v) is 0. The van der Waals surface area contributed by atoms with E-state index in [1.165, 1.54) is 0 Å². The zero-order chi connectivity index (χ0) is 0. The average Bonchev–Trinajstić information content (AvgIpc) is 0. The predicted molar refractivity (Wildman–Crippen MR) is 3.43 cm³/mol. The summed E-state index contributed by atoms with van der Waals surface area (Å²) in [4.78, 5) is 0. The van der Waals surface area contributed by atoms with Crippen molar-refractivity contribution in [3.8, 4) is 0 Å². The van der Waals surface area contributed by atoms with Gasteiger partial charge in [-0.05, 0) is 0 Å². The fourth-order valence-electron chi connectivity index (χ4n) is 0. The summed E-state index contributed by atoms with van der Waals surface area (Å²) in [5, 5.41) is 0. The van der Waals surface area contributed by atoms with Crippen LogP contribution in [0.25, 0.3) is 0 Å². The van der Waals surface area contributed by atoms with E-state index < -0.39 is 0 Å². The molecule has 0 bridgehead atoms. The summed E-state index contributed by atoms with van der Waals surface area (Å²) in [6.07, 6.45) is 0. The molecule has 0 aromatic heterocycles. The van der Waals surface area contributed by atoms with Crippen LogP contribution in [0.2, 0.25) is 0 Å². The number of rotatable bonds is 0. The monoisotopic (exact) mass is 828 g/mol. The van der Waals surface area contributed by atoms with Crippen LogP contribution in [-0.4, -0.2) is 0 Å². The zero-order valence-electron chi connectivity index (χ0n) is 3.60. The Morgan fingerprint density at radius 2 is 0.333 bits per heavy atom. The molecule has 9 heavy (non-hydrogen) atoms. The largest absolute Gasteiger partial charge is 5.00 e. The van der Waals surface area contributed by atoms with Crippen LogP contribution in [0.5, 0.6) is 0 Å². The fraction of sp³-hybridized carbons (Fsp3) is 0. The van der Waals surface area contributed by atoms with Crippen molar-refractivity contribution in [2.75, 3.05) is 0 Å². The van der Waals surface area contributed by atoms with Crippen molar-refractivity contribution in [2.24, 2.45) is 0 Å². The summed E-state index contributed by atoms with van der Waals surface area (Å²) in [5.74, 6) is 0. The van der Waals surface area contributed by atoms with E-state index in [9.17, 15) is 0 Å². The second-order valence-electron chi connectivity index (χ2n) is 0. The van der Waals surface area contributed by atoms with E-state index in [-0.39, 0.29) is 112 Å². The standard InChI is InChI=1S/2Ir.5O.2Ta/q;;5*-2;2*+5. The summed E-state index contributed by atoms with van der Waals surface area (Å²) in [5.41, 5.74) is 0. The van der Waals surface area contributed by atoms with Gasteiger partial charge in [-0.2, -0.15) is 0 Å². The first kappa shape index (κ1) is 195. The van der Waals surface area contributed by atoms with Gasteiger partial charge in [0.1, 0.15) is 0 Å². The molecule has 0 aliphatic carbocycles. The Morgan fingerprint density at radius 3 is 0.333 bits per heavy atom. The second-order valence-corrected chi connectivity index (χ2v) is 0. The molecule has 0 atom stereocenters. The molecule has 0 saturated carbocycles. The van der Waals surface area contributed by atoms with E-state index in [2.05, 4.69) is 0 Å². The van der Waals surface area contributed by atoms with E-state index in [4.69, 9.17) is 0 Å². The van der Waals surface area contributed by atoms with E-state index in [1.807, 2.05) is 0 Å². The van der Waals surface area contributed by atoms with Gasteiger partial charge in [0.2, 0.25) is 0 Å². The van der Waals surface area contributed by atoms with Gasteiger partial charge >= 0.3 is 44.8 Å². The van der Waals surface area contributed by atoms with E-state index in [1.54, 1.807) is 0 Å². The van der Waals surface area contributed by atoms with Gasteiger partial charge in [0.05, 0.1) is 0 Å². The molecule has 2 radical (unpaired) electrons. The van der Waals surface area contributed by atoms with Gasteiger partial charge in [-0.1, -0.05) is 0 Å². The van der Waals surface area contributed by atoms with Gasteiger partial charge in [0.25, 0.3) is 0 Å². The van der Waals surface area contributed by atoms with Crippen molar-refractivity contribution in [1.29, 1.82) is 0 Å². The van der Waals surface area contributed by atoms with E-state index in [0.717, 1.165) is 0 Å². The molecule has 0 aromatic carbocycles. The van der Waals surface area contributed by atoms with Crippen LogP contribution in [0.3, 0.4) is 0 Å². The normalized spacial score (nSPS) is 0. The summed E-state index contributed by atoms with van der Waals surface area (Å²) >= 11 is 0. The van der Waals surface area contributed by atoms with Crippen LogP contribution < -0.4 is 0 Å².